The number of fused-ring (bicyclic) bond motifs is 1. The third-order valence-corrected chi connectivity index (χ3v) is 3.82. The third-order valence-electron chi connectivity index (χ3n) is 3.82. The van der Waals surface area contributed by atoms with E-state index in [1.807, 2.05) is 0 Å². The number of aliphatic imine (C=N–C) groups is 1. The van der Waals surface area contributed by atoms with Gasteiger partial charge in [-0.05, 0) is 11.1 Å². The van der Waals surface area contributed by atoms with Crippen molar-refractivity contribution in [1.82, 2.24) is 4.90 Å². The highest BCUT2D eigenvalue weighted by atomic mass is 15.4. The molecule has 88 valence electrons. The molecule has 18 heavy (non-hydrogen) atoms. The SMILES string of the molecule is c1ccc(C2=NCN3C2C3c2ccccc2)cc1. The lowest BCUT2D eigenvalue weighted by Crippen LogP contribution is -2.08. The number of rotatable bonds is 2. The first-order valence-corrected chi connectivity index (χ1v) is 6.35. The van der Waals surface area contributed by atoms with Crippen LogP contribution < -0.4 is 0 Å². The lowest BCUT2D eigenvalue weighted by Gasteiger charge is -2.04. The first-order valence-electron chi connectivity index (χ1n) is 6.35. The lowest BCUT2D eigenvalue weighted by molar-refractivity contribution is 0.539. The van der Waals surface area contributed by atoms with Crippen molar-refractivity contribution < 1.29 is 0 Å². The van der Waals surface area contributed by atoms with Crippen molar-refractivity contribution in [3.63, 3.8) is 0 Å². The van der Waals surface area contributed by atoms with Crippen molar-refractivity contribution in [2.45, 2.75) is 12.1 Å². The molecule has 3 atom stereocenters. The van der Waals surface area contributed by atoms with Gasteiger partial charge in [0.2, 0.25) is 0 Å². The van der Waals surface area contributed by atoms with Crippen LogP contribution in [0.15, 0.2) is 65.7 Å². The van der Waals surface area contributed by atoms with E-state index in [9.17, 15) is 0 Å². The fourth-order valence-corrected chi connectivity index (χ4v) is 2.90. The van der Waals surface area contributed by atoms with Crippen molar-refractivity contribution in [3.05, 3.63) is 71.8 Å². The minimum atomic E-state index is 0.495. The quantitative estimate of drug-likeness (QED) is 0.729. The first-order chi connectivity index (χ1) is 8.95. The molecule has 2 heteroatoms. The normalized spacial score (nSPS) is 28.7. The van der Waals surface area contributed by atoms with Gasteiger partial charge in [0.15, 0.2) is 0 Å². The fraction of sp³-hybridized carbons (Fsp3) is 0.188. The van der Waals surface area contributed by atoms with Crippen molar-refractivity contribution in [2.75, 3.05) is 6.67 Å². The minimum absolute atomic E-state index is 0.495. The molecule has 2 aromatic carbocycles. The maximum absolute atomic E-state index is 4.66. The highest BCUT2D eigenvalue weighted by Gasteiger charge is 2.54. The van der Waals surface area contributed by atoms with Crippen LogP contribution in [0.5, 0.6) is 0 Å². The molecule has 0 bridgehead atoms. The van der Waals surface area contributed by atoms with Gasteiger partial charge in [0, 0.05) is 0 Å². The summed E-state index contributed by atoms with van der Waals surface area (Å²) in [5.41, 5.74) is 3.93. The molecule has 1 fully saturated rings. The van der Waals surface area contributed by atoms with E-state index in [2.05, 4.69) is 70.6 Å². The topological polar surface area (TPSA) is 15.4 Å². The highest BCUT2D eigenvalue weighted by Crippen LogP contribution is 2.47. The summed E-state index contributed by atoms with van der Waals surface area (Å²) in [4.78, 5) is 7.10. The average Bonchev–Trinajstić information content (AvgIpc) is 3.01. The summed E-state index contributed by atoms with van der Waals surface area (Å²) < 4.78 is 0. The van der Waals surface area contributed by atoms with E-state index >= 15 is 0 Å². The van der Waals surface area contributed by atoms with Gasteiger partial charge in [-0.3, -0.25) is 9.89 Å². The molecule has 0 aromatic heterocycles. The number of hydrogen-bond acceptors (Lipinski definition) is 2. The number of hydrogen-bond donors (Lipinski definition) is 0. The van der Waals surface area contributed by atoms with Crippen LogP contribution in [-0.4, -0.2) is 23.3 Å². The Labute approximate surface area is 107 Å². The van der Waals surface area contributed by atoms with E-state index in [1.165, 1.54) is 16.8 Å². The number of nitrogens with zero attached hydrogens (tertiary/aromatic N) is 2. The van der Waals surface area contributed by atoms with Gasteiger partial charge in [-0.15, -0.1) is 0 Å². The summed E-state index contributed by atoms with van der Waals surface area (Å²) in [5, 5.41) is 0. The largest absolute Gasteiger partial charge is 0.272 e. The Kier molecular flexibility index (Phi) is 2.11. The molecule has 0 aliphatic carbocycles. The zero-order chi connectivity index (χ0) is 11.9. The van der Waals surface area contributed by atoms with Crippen molar-refractivity contribution in [2.24, 2.45) is 4.99 Å². The molecule has 0 radical (unpaired) electrons. The van der Waals surface area contributed by atoms with Crippen LogP contribution in [0.2, 0.25) is 0 Å². The van der Waals surface area contributed by atoms with Gasteiger partial charge >= 0.3 is 0 Å². The molecular weight excluding hydrogens is 220 g/mol. The highest BCUT2D eigenvalue weighted by molar-refractivity contribution is 6.08. The molecule has 0 saturated carbocycles. The zero-order valence-corrected chi connectivity index (χ0v) is 10.0. The summed E-state index contributed by atoms with van der Waals surface area (Å²) in [5.74, 6) is 0. The van der Waals surface area contributed by atoms with Crippen LogP contribution in [0.3, 0.4) is 0 Å². The summed E-state index contributed by atoms with van der Waals surface area (Å²) in [6.07, 6.45) is 0. The second-order valence-corrected chi connectivity index (χ2v) is 4.87. The summed E-state index contributed by atoms with van der Waals surface area (Å²) >= 11 is 0. The molecule has 0 spiro atoms. The molecule has 2 heterocycles. The summed E-state index contributed by atoms with van der Waals surface area (Å²) in [7, 11) is 0. The van der Waals surface area contributed by atoms with Crippen LogP contribution in [0.25, 0.3) is 0 Å². The maximum Gasteiger partial charge on any atom is 0.0925 e. The monoisotopic (exact) mass is 234 g/mol. The molecule has 2 aromatic rings. The Morgan fingerprint density at radius 2 is 1.50 bits per heavy atom. The van der Waals surface area contributed by atoms with E-state index < -0.39 is 0 Å². The Bertz CT molecular complexity index is 589. The molecule has 0 N–H and O–H groups in total. The van der Waals surface area contributed by atoms with E-state index in [1.54, 1.807) is 0 Å². The Morgan fingerprint density at radius 1 is 0.833 bits per heavy atom. The Morgan fingerprint density at radius 3 is 2.22 bits per heavy atom. The second-order valence-electron chi connectivity index (χ2n) is 4.87. The Balaban J connectivity index is 1.64. The second kappa shape index (κ2) is 3.79. The molecule has 0 amide bonds. The standard InChI is InChI=1S/C16H14N2/c1-3-7-12(8-4-1)14-16-15(18(16)11-17-14)13-9-5-2-6-10-13/h1-10,15-16H,11H2. The van der Waals surface area contributed by atoms with E-state index in [4.69, 9.17) is 0 Å². The van der Waals surface area contributed by atoms with Crippen LogP contribution in [0.4, 0.5) is 0 Å². The maximum atomic E-state index is 4.66. The van der Waals surface area contributed by atoms with Gasteiger partial charge in [0.05, 0.1) is 24.5 Å². The van der Waals surface area contributed by atoms with Crippen LogP contribution in [-0.2, 0) is 0 Å². The molecule has 2 nitrogen and oxygen atoms in total. The number of benzene rings is 2. The molecule has 4 rings (SSSR count). The molecule has 2 aliphatic rings. The Hall–Kier alpha value is -1.93. The van der Waals surface area contributed by atoms with Crippen molar-refractivity contribution >= 4 is 5.71 Å². The van der Waals surface area contributed by atoms with Crippen LogP contribution in [0.1, 0.15) is 17.2 Å². The lowest BCUT2D eigenvalue weighted by atomic mass is 10.0. The predicted octanol–water partition coefficient (Wildman–Crippen LogP) is 2.87. The third kappa shape index (κ3) is 1.42. The van der Waals surface area contributed by atoms with Gasteiger partial charge in [0.1, 0.15) is 0 Å². The molecule has 1 saturated heterocycles. The van der Waals surface area contributed by atoms with Crippen LogP contribution in [0, 0.1) is 0 Å². The average molecular weight is 234 g/mol. The van der Waals surface area contributed by atoms with Gasteiger partial charge < -0.3 is 0 Å². The van der Waals surface area contributed by atoms with E-state index in [0.29, 0.717) is 12.1 Å². The summed E-state index contributed by atoms with van der Waals surface area (Å²) in [6, 6.07) is 22.3. The minimum Gasteiger partial charge on any atom is -0.272 e. The predicted molar refractivity (Wildman–Crippen MR) is 72.7 cm³/mol. The smallest absolute Gasteiger partial charge is 0.0925 e. The van der Waals surface area contributed by atoms with Gasteiger partial charge in [0.25, 0.3) is 0 Å². The molecule has 3 unspecified atom stereocenters. The summed E-state index contributed by atoms with van der Waals surface area (Å²) in [6.45, 7) is 0.842. The fourth-order valence-electron chi connectivity index (χ4n) is 2.90. The first kappa shape index (κ1) is 10.0. The van der Waals surface area contributed by atoms with Crippen molar-refractivity contribution in [3.8, 4) is 0 Å². The van der Waals surface area contributed by atoms with Gasteiger partial charge in [-0.25, -0.2) is 0 Å². The van der Waals surface area contributed by atoms with Crippen molar-refractivity contribution in [1.29, 1.82) is 0 Å². The molecule has 2 aliphatic heterocycles. The van der Waals surface area contributed by atoms with Gasteiger partial charge in [-0.1, -0.05) is 60.7 Å². The van der Waals surface area contributed by atoms with E-state index in [0.717, 1.165) is 6.67 Å². The van der Waals surface area contributed by atoms with E-state index in [-0.39, 0.29) is 0 Å². The van der Waals surface area contributed by atoms with Crippen LogP contribution >= 0.6 is 0 Å². The molecular formula is C16H14N2. The zero-order valence-electron chi connectivity index (χ0n) is 10.0. The van der Waals surface area contributed by atoms with Gasteiger partial charge in [-0.2, -0.15) is 0 Å².